The molecular weight excluding hydrogens is 268 g/mol. The minimum Gasteiger partial charge on any atom is -0.444 e. The van der Waals surface area contributed by atoms with Gasteiger partial charge in [-0.2, -0.15) is 0 Å². The van der Waals surface area contributed by atoms with Gasteiger partial charge >= 0.3 is 6.09 Å². The second-order valence-corrected chi connectivity index (χ2v) is 7.14. The zero-order valence-electron chi connectivity index (χ0n) is 13.7. The number of carbonyl (C=O) groups is 1. The largest absolute Gasteiger partial charge is 0.444 e. The minimum atomic E-state index is -0.419. The van der Waals surface area contributed by atoms with Gasteiger partial charge in [0, 0.05) is 25.7 Å². The summed E-state index contributed by atoms with van der Waals surface area (Å²) in [5.74, 6) is 0. The average Bonchev–Trinajstić information content (AvgIpc) is 3.04. The number of rotatable bonds is 5. The molecule has 1 saturated carbocycles. The van der Waals surface area contributed by atoms with Gasteiger partial charge in [-0.25, -0.2) is 4.79 Å². The first kappa shape index (κ1) is 16.6. The number of amides is 1. The molecule has 5 heteroatoms. The predicted molar refractivity (Wildman–Crippen MR) is 82.4 cm³/mol. The number of hydrogen-bond acceptors (Lipinski definition) is 4. The zero-order chi connectivity index (χ0) is 15.3. The minimum absolute atomic E-state index is 0.200. The first-order chi connectivity index (χ1) is 9.94. The Morgan fingerprint density at radius 2 is 1.95 bits per heavy atom. The molecule has 1 aliphatic carbocycles. The van der Waals surface area contributed by atoms with Crippen LogP contribution in [0.15, 0.2) is 0 Å². The highest BCUT2D eigenvalue weighted by molar-refractivity contribution is 5.68. The van der Waals surface area contributed by atoms with Gasteiger partial charge in [-0.1, -0.05) is 12.8 Å². The summed E-state index contributed by atoms with van der Waals surface area (Å²) < 4.78 is 11.2. The van der Waals surface area contributed by atoms with Crippen molar-refractivity contribution >= 4 is 6.09 Å². The van der Waals surface area contributed by atoms with E-state index in [1.165, 1.54) is 25.7 Å². The van der Waals surface area contributed by atoms with E-state index < -0.39 is 5.60 Å². The molecule has 2 rings (SSSR count). The van der Waals surface area contributed by atoms with Crippen LogP contribution in [-0.4, -0.2) is 55.0 Å². The number of hydrogen-bond donors (Lipinski definition) is 1. The summed E-state index contributed by atoms with van der Waals surface area (Å²) in [4.78, 5) is 13.8. The summed E-state index contributed by atoms with van der Waals surface area (Å²) in [7, 11) is 0. The van der Waals surface area contributed by atoms with Crippen molar-refractivity contribution in [3.05, 3.63) is 0 Å². The number of nitrogens with zero attached hydrogens (tertiary/aromatic N) is 1. The molecule has 0 aromatic heterocycles. The van der Waals surface area contributed by atoms with E-state index in [1.807, 2.05) is 20.8 Å². The Hall–Kier alpha value is -0.810. The molecule has 5 nitrogen and oxygen atoms in total. The molecule has 122 valence electrons. The molecule has 0 spiro atoms. The number of likely N-dealkylation sites (tertiary alicyclic amines) is 1. The van der Waals surface area contributed by atoms with Crippen molar-refractivity contribution in [1.29, 1.82) is 0 Å². The maximum atomic E-state index is 12.0. The maximum absolute atomic E-state index is 12.0. The molecule has 1 unspecified atom stereocenters. The predicted octanol–water partition coefficient (Wildman–Crippen LogP) is 2.54. The van der Waals surface area contributed by atoms with Crippen LogP contribution in [0.25, 0.3) is 0 Å². The molecule has 21 heavy (non-hydrogen) atoms. The lowest BCUT2D eigenvalue weighted by Gasteiger charge is -2.24. The van der Waals surface area contributed by atoms with Crippen LogP contribution in [0.3, 0.4) is 0 Å². The molecule has 0 aromatic carbocycles. The summed E-state index contributed by atoms with van der Waals surface area (Å²) in [6, 6.07) is 0.365. The third-order valence-corrected chi connectivity index (χ3v) is 4.03. The Morgan fingerprint density at radius 3 is 2.62 bits per heavy atom. The highest BCUT2D eigenvalue weighted by atomic mass is 16.6. The third-order valence-electron chi connectivity index (χ3n) is 4.03. The fraction of sp³-hybridized carbons (Fsp3) is 0.938. The monoisotopic (exact) mass is 298 g/mol. The van der Waals surface area contributed by atoms with Gasteiger partial charge in [-0.05, 0) is 40.0 Å². The molecule has 1 aliphatic heterocycles. The normalized spacial score (nSPS) is 23.8. The Balaban J connectivity index is 1.58. The molecule has 2 fully saturated rings. The van der Waals surface area contributed by atoms with Crippen molar-refractivity contribution in [3.63, 3.8) is 0 Å². The fourth-order valence-corrected chi connectivity index (χ4v) is 2.96. The molecule has 1 atom stereocenters. The Kier molecular flexibility index (Phi) is 5.88. The second-order valence-electron chi connectivity index (χ2n) is 7.14. The van der Waals surface area contributed by atoms with E-state index in [4.69, 9.17) is 9.47 Å². The molecule has 0 radical (unpaired) electrons. The lowest BCUT2D eigenvalue weighted by Crippen LogP contribution is -2.39. The van der Waals surface area contributed by atoms with E-state index in [2.05, 4.69) is 5.32 Å². The summed E-state index contributed by atoms with van der Waals surface area (Å²) in [6.07, 6.45) is 6.33. The van der Waals surface area contributed by atoms with Gasteiger partial charge in [0.2, 0.25) is 0 Å². The standard InChI is InChI=1S/C16H30N2O3/c1-16(2,3)21-15(19)18-10-8-13(12-18)17-9-11-20-14-6-4-5-7-14/h13-14,17H,4-12H2,1-3H3. The third kappa shape index (κ3) is 5.83. The van der Waals surface area contributed by atoms with Crippen molar-refractivity contribution in [3.8, 4) is 0 Å². The molecular formula is C16H30N2O3. The summed E-state index contributed by atoms with van der Waals surface area (Å²) >= 11 is 0. The van der Waals surface area contributed by atoms with Crippen molar-refractivity contribution in [2.24, 2.45) is 0 Å². The Labute approximate surface area is 128 Å². The van der Waals surface area contributed by atoms with Gasteiger partial charge in [0.25, 0.3) is 0 Å². The fourth-order valence-electron chi connectivity index (χ4n) is 2.96. The van der Waals surface area contributed by atoms with Crippen LogP contribution in [0.4, 0.5) is 4.79 Å². The van der Waals surface area contributed by atoms with E-state index in [0.29, 0.717) is 12.1 Å². The van der Waals surface area contributed by atoms with Gasteiger partial charge in [-0.15, -0.1) is 0 Å². The van der Waals surface area contributed by atoms with Gasteiger partial charge < -0.3 is 19.7 Å². The summed E-state index contributed by atoms with van der Waals surface area (Å²) in [5.41, 5.74) is -0.419. The quantitative estimate of drug-likeness (QED) is 0.793. The van der Waals surface area contributed by atoms with Gasteiger partial charge in [0.1, 0.15) is 5.60 Å². The van der Waals surface area contributed by atoms with Crippen molar-refractivity contribution in [2.45, 2.75) is 70.6 Å². The van der Waals surface area contributed by atoms with E-state index in [-0.39, 0.29) is 6.09 Å². The average molecular weight is 298 g/mol. The van der Waals surface area contributed by atoms with Crippen LogP contribution in [0.5, 0.6) is 0 Å². The first-order valence-corrected chi connectivity index (χ1v) is 8.27. The summed E-state index contributed by atoms with van der Waals surface area (Å²) in [5, 5.41) is 3.48. The van der Waals surface area contributed by atoms with Crippen LogP contribution < -0.4 is 5.32 Å². The van der Waals surface area contributed by atoms with Crippen molar-refractivity contribution < 1.29 is 14.3 Å². The van der Waals surface area contributed by atoms with Crippen LogP contribution in [-0.2, 0) is 9.47 Å². The van der Waals surface area contributed by atoms with E-state index >= 15 is 0 Å². The Bertz CT molecular complexity index is 335. The number of carbonyl (C=O) groups excluding carboxylic acids is 1. The SMILES string of the molecule is CC(C)(C)OC(=O)N1CCC(NCCOC2CCCC2)C1. The van der Waals surface area contributed by atoms with Crippen LogP contribution in [0.1, 0.15) is 52.9 Å². The molecule has 1 saturated heterocycles. The van der Waals surface area contributed by atoms with Gasteiger partial charge in [0.05, 0.1) is 12.7 Å². The van der Waals surface area contributed by atoms with Crippen LogP contribution >= 0.6 is 0 Å². The maximum Gasteiger partial charge on any atom is 0.410 e. The second kappa shape index (κ2) is 7.45. The number of ether oxygens (including phenoxy) is 2. The molecule has 0 aromatic rings. The molecule has 1 heterocycles. The Morgan fingerprint density at radius 1 is 1.24 bits per heavy atom. The number of nitrogens with one attached hydrogen (secondary N) is 1. The van der Waals surface area contributed by atoms with Gasteiger partial charge in [0.15, 0.2) is 0 Å². The molecule has 2 aliphatic rings. The smallest absolute Gasteiger partial charge is 0.410 e. The van der Waals surface area contributed by atoms with Crippen LogP contribution in [0, 0.1) is 0 Å². The highest BCUT2D eigenvalue weighted by Gasteiger charge is 2.29. The van der Waals surface area contributed by atoms with Gasteiger partial charge in [-0.3, -0.25) is 0 Å². The topological polar surface area (TPSA) is 50.8 Å². The van der Waals surface area contributed by atoms with Crippen LogP contribution in [0.2, 0.25) is 0 Å². The molecule has 1 N–H and O–H groups in total. The van der Waals surface area contributed by atoms with Crippen molar-refractivity contribution in [2.75, 3.05) is 26.2 Å². The highest BCUT2D eigenvalue weighted by Crippen LogP contribution is 2.20. The van der Waals surface area contributed by atoms with E-state index in [0.717, 1.165) is 32.7 Å². The summed E-state index contributed by atoms with van der Waals surface area (Å²) in [6.45, 7) is 8.84. The molecule has 0 bridgehead atoms. The first-order valence-electron chi connectivity index (χ1n) is 8.27. The van der Waals surface area contributed by atoms with E-state index in [9.17, 15) is 4.79 Å². The molecule has 1 amide bonds. The lowest BCUT2D eigenvalue weighted by atomic mass is 10.2. The van der Waals surface area contributed by atoms with Crippen molar-refractivity contribution in [1.82, 2.24) is 10.2 Å². The zero-order valence-corrected chi connectivity index (χ0v) is 13.7. The lowest BCUT2D eigenvalue weighted by molar-refractivity contribution is 0.0289. The van der Waals surface area contributed by atoms with E-state index in [1.54, 1.807) is 4.90 Å².